The highest BCUT2D eigenvalue weighted by Crippen LogP contribution is 2.39. The summed E-state index contributed by atoms with van der Waals surface area (Å²) in [7, 11) is 0. The number of amides is 2. The van der Waals surface area contributed by atoms with Crippen molar-refractivity contribution in [3.05, 3.63) is 66.3 Å². The van der Waals surface area contributed by atoms with Crippen LogP contribution in [0.4, 0.5) is 0 Å². The minimum atomic E-state index is -1.19. The standard InChI is InChI=1S/C17H13N3O5S.C13H9N5O4S/c21-12(22)7-19-16(24)13-14(23)15-10(6-18-13)20-17(26-15)9-1-2-11-8(5-9)3-4-25-11;19-8(20)4-17-12(22)9-10(21)11-7(3-16-9)18-13(23-11)6-1-14-5-15-2-6/h1-2,5-6,23H,3-4,7H2,(H,19,24)(H,21,22);1-3,5,21H,4H2,(H,17,22)(H,19,20). The van der Waals surface area contributed by atoms with E-state index in [0.29, 0.717) is 42.6 Å². The van der Waals surface area contributed by atoms with Crippen LogP contribution in [0.2, 0.25) is 0 Å². The molecule has 5 aromatic heterocycles. The fourth-order valence-electron chi connectivity index (χ4n) is 4.55. The molecule has 0 atom stereocenters. The van der Waals surface area contributed by atoms with Gasteiger partial charge in [-0.25, -0.2) is 29.9 Å². The second-order valence-corrected chi connectivity index (χ2v) is 12.1. The number of carboxylic acid groups (broad SMARTS) is 2. The summed E-state index contributed by atoms with van der Waals surface area (Å²) in [5, 5.41) is 43.4. The fourth-order valence-corrected chi connectivity index (χ4v) is 6.49. The van der Waals surface area contributed by atoms with E-state index in [-0.39, 0.29) is 22.9 Å². The van der Waals surface area contributed by atoms with Crippen molar-refractivity contribution in [3.8, 4) is 38.4 Å². The number of carboxylic acids is 2. The van der Waals surface area contributed by atoms with E-state index >= 15 is 0 Å². The van der Waals surface area contributed by atoms with Crippen LogP contribution >= 0.6 is 22.7 Å². The third-order valence-electron chi connectivity index (χ3n) is 6.79. The second-order valence-electron chi connectivity index (χ2n) is 10.1. The lowest BCUT2D eigenvalue weighted by Gasteiger charge is -2.03. The molecule has 0 saturated carbocycles. The average Bonchev–Trinajstić information content (AvgIpc) is 3.86. The quantitative estimate of drug-likeness (QED) is 0.133. The highest BCUT2D eigenvalue weighted by molar-refractivity contribution is 7.22. The molecule has 0 spiro atoms. The van der Waals surface area contributed by atoms with Crippen molar-refractivity contribution < 1.29 is 44.3 Å². The Morgan fingerprint density at radius 1 is 0.755 bits per heavy atom. The Morgan fingerprint density at radius 3 is 1.82 bits per heavy atom. The van der Waals surface area contributed by atoms with E-state index in [9.17, 15) is 29.4 Å². The number of carbonyl (C=O) groups is 4. The number of rotatable bonds is 8. The Morgan fingerprint density at radius 2 is 1.29 bits per heavy atom. The monoisotopic (exact) mass is 702 g/mol. The number of aromatic hydroxyl groups is 2. The molecule has 6 aromatic rings. The fraction of sp³-hybridized carbons (Fsp3) is 0.133. The molecule has 1 aromatic carbocycles. The van der Waals surface area contributed by atoms with Crippen LogP contribution in [0.15, 0.2) is 49.3 Å². The highest BCUT2D eigenvalue weighted by Gasteiger charge is 2.22. The summed E-state index contributed by atoms with van der Waals surface area (Å²) in [4.78, 5) is 69.2. The topological polar surface area (TPSA) is 260 Å². The van der Waals surface area contributed by atoms with Crippen molar-refractivity contribution >= 4 is 66.9 Å². The molecule has 0 radical (unpaired) electrons. The third kappa shape index (κ3) is 7.01. The van der Waals surface area contributed by atoms with Crippen LogP contribution in [0.1, 0.15) is 26.5 Å². The highest BCUT2D eigenvalue weighted by atomic mass is 32.1. The van der Waals surface area contributed by atoms with Gasteiger partial charge in [0.2, 0.25) is 0 Å². The Balaban J connectivity index is 0.000000171. The average molecular weight is 703 g/mol. The van der Waals surface area contributed by atoms with Crippen molar-refractivity contribution in [2.24, 2.45) is 0 Å². The molecule has 7 rings (SSSR count). The Bertz CT molecular complexity index is 2260. The molecule has 1 aliphatic rings. The number of pyridine rings is 2. The molecule has 6 N–H and O–H groups in total. The Labute approximate surface area is 282 Å². The van der Waals surface area contributed by atoms with Gasteiger partial charge in [0.15, 0.2) is 22.9 Å². The SMILES string of the molecule is O=C(O)CNC(=O)c1ncc2nc(-c3ccc4c(c3)CCO4)sc2c1O.O=C(O)CNC(=O)c1ncc2nc(-c3cncnc3)sc2c1O. The molecule has 248 valence electrons. The summed E-state index contributed by atoms with van der Waals surface area (Å²) in [6.07, 6.45) is 8.12. The molecule has 0 unspecified atom stereocenters. The molecule has 0 aliphatic carbocycles. The number of nitrogens with zero attached hydrogens (tertiary/aromatic N) is 6. The lowest BCUT2D eigenvalue weighted by Crippen LogP contribution is -2.29. The molecule has 0 bridgehead atoms. The number of thiazole rings is 2. The van der Waals surface area contributed by atoms with Crippen LogP contribution < -0.4 is 15.4 Å². The first-order valence-corrected chi connectivity index (χ1v) is 15.7. The van der Waals surface area contributed by atoms with E-state index < -0.39 is 36.8 Å². The van der Waals surface area contributed by atoms with E-state index in [1.807, 2.05) is 18.2 Å². The van der Waals surface area contributed by atoms with E-state index in [0.717, 1.165) is 34.6 Å². The van der Waals surface area contributed by atoms with Crippen LogP contribution in [-0.2, 0) is 16.0 Å². The third-order valence-corrected chi connectivity index (χ3v) is 9.05. The predicted octanol–water partition coefficient (Wildman–Crippen LogP) is 2.48. The maximum absolute atomic E-state index is 12.0. The maximum Gasteiger partial charge on any atom is 0.322 e. The normalized spacial score (nSPS) is 11.7. The number of hydrogen-bond donors (Lipinski definition) is 6. The van der Waals surface area contributed by atoms with Crippen LogP contribution in [0, 0.1) is 0 Å². The van der Waals surface area contributed by atoms with Crippen molar-refractivity contribution in [1.29, 1.82) is 0 Å². The van der Waals surface area contributed by atoms with Crippen molar-refractivity contribution in [2.75, 3.05) is 19.7 Å². The van der Waals surface area contributed by atoms with Crippen LogP contribution in [0.25, 0.3) is 41.6 Å². The number of ether oxygens (including phenoxy) is 1. The first-order chi connectivity index (χ1) is 23.6. The van der Waals surface area contributed by atoms with Crippen molar-refractivity contribution in [1.82, 2.24) is 40.5 Å². The predicted molar refractivity (Wildman–Crippen MR) is 174 cm³/mol. The molecule has 0 saturated heterocycles. The van der Waals surface area contributed by atoms with E-state index in [1.165, 1.54) is 30.1 Å². The maximum atomic E-state index is 12.0. The van der Waals surface area contributed by atoms with E-state index in [2.05, 4.69) is 40.5 Å². The van der Waals surface area contributed by atoms with Gasteiger partial charge in [-0.3, -0.25) is 19.2 Å². The minimum absolute atomic E-state index is 0.226. The van der Waals surface area contributed by atoms with Gasteiger partial charge in [-0.2, -0.15) is 0 Å². The summed E-state index contributed by atoms with van der Waals surface area (Å²) in [6.45, 7) is -0.450. The molecular weight excluding hydrogens is 681 g/mol. The Kier molecular flexibility index (Phi) is 9.18. The zero-order valence-corrected chi connectivity index (χ0v) is 26.4. The summed E-state index contributed by atoms with van der Waals surface area (Å²) in [6, 6.07) is 5.80. The molecule has 6 heterocycles. The van der Waals surface area contributed by atoms with Gasteiger partial charge in [-0.15, -0.1) is 22.7 Å². The minimum Gasteiger partial charge on any atom is -0.504 e. The number of aromatic nitrogens is 6. The van der Waals surface area contributed by atoms with Gasteiger partial charge < -0.3 is 35.8 Å². The van der Waals surface area contributed by atoms with Gasteiger partial charge in [-0.1, -0.05) is 0 Å². The van der Waals surface area contributed by atoms with Gasteiger partial charge in [0.05, 0.1) is 19.0 Å². The van der Waals surface area contributed by atoms with Crippen LogP contribution in [0.3, 0.4) is 0 Å². The van der Waals surface area contributed by atoms with E-state index in [1.54, 1.807) is 12.4 Å². The smallest absolute Gasteiger partial charge is 0.322 e. The molecule has 19 heteroatoms. The number of fused-ring (bicyclic) bond motifs is 3. The molecule has 1 aliphatic heterocycles. The van der Waals surface area contributed by atoms with Crippen molar-refractivity contribution in [2.45, 2.75) is 6.42 Å². The molecule has 0 fully saturated rings. The summed E-state index contributed by atoms with van der Waals surface area (Å²) < 4.78 is 6.29. The van der Waals surface area contributed by atoms with Crippen LogP contribution in [-0.4, -0.2) is 93.8 Å². The number of hydrogen-bond acceptors (Lipinski definition) is 15. The van der Waals surface area contributed by atoms with Crippen LogP contribution in [0.5, 0.6) is 17.2 Å². The molecule has 2 amide bonds. The summed E-state index contributed by atoms with van der Waals surface area (Å²) in [5.41, 5.74) is 3.08. The van der Waals surface area contributed by atoms with Gasteiger partial charge in [0, 0.05) is 29.9 Å². The summed E-state index contributed by atoms with van der Waals surface area (Å²) >= 11 is 2.40. The van der Waals surface area contributed by atoms with Gasteiger partial charge >= 0.3 is 11.9 Å². The largest absolute Gasteiger partial charge is 0.504 e. The second kappa shape index (κ2) is 13.8. The first-order valence-electron chi connectivity index (χ1n) is 14.1. The zero-order valence-electron chi connectivity index (χ0n) is 24.8. The number of aliphatic carboxylic acids is 2. The van der Waals surface area contributed by atoms with Gasteiger partial charge in [0.1, 0.15) is 55.6 Å². The van der Waals surface area contributed by atoms with Gasteiger partial charge in [0.25, 0.3) is 11.8 Å². The number of benzene rings is 1. The lowest BCUT2D eigenvalue weighted by molar-refractivity contribution is -0.136. The molecule has 17 nitrogen and oxygen atoms in total. The first kappa shape index (κ1) is 32.6. The van der Waals surface area contributed by atoms with Crippen molar-refractivity contribution in [3.63, 3.8) is 0 Å². The van der Waals surface area contributed by atoms with Gasteiger partial charge in [-0.05, 0) is 23.8 Å². The molecular formula is C30H22N8O9S2. The molecule has 49 heavy (non-hydrogen) atoms. The number of nitrogens with one attached hydrogen (secondary N) is 2. The number of carbonyl (C=O) groups excluding carboxylic acids is 2. The van der Waals surface area contributed by atoms with E-state index in [4.69, 9.17) is 14.9 Å². The lowest BCUT2D eigenvalue weighted by atomic mass is 10.1. The Hall–Kier alpha value is -6.34. The summed E-state index contributed by atoms with van der Waals surface area (Å²) in [5.74, 6) is -3.68. The zero-order chi connectivity index (χ0) is 34.7.